The molecule has 0 heterocycles. The van der Waals surface area contributed by atoms with Crippen LogP contribution < -0.4 is 5.32 Å². The fourth-order valence-electron chi connectivity index (χ4n) is 2.75. The largest absolute Gasteiger partial charge is 0.398 e. The van der Waals surface area contributed by atoms with Crippen molar-refractivity contribution in [1.82, 2.24) is 5.32 Å². The topological polar surface area (TPSA) is 72.3 Å². The van der Waals surface area contributed by atoms with E-state index in [2.05, 4.69) is 15.5 Å². The van der Waals surface area contributed by atoms with Crippen molar-refractivity contribution >= 4 is 40.5 Å². The van der Waals surface area contributed by atoms with Crippen LogP contribution in [0.5, 0.6) is 0 Å². The minimum absolute atomic E-state index is 0.109. The highest BCUT2D eigenvalue weighted by Crippen LogP contribution is 2.25. The fourth-order valence-corrected chi connectivity index (χ4v) is 3.42. The number of nitrogens with zero attached hydrogens (tertiary/aromatic N) is 2. The second kappa shape index (κ2) is 11.0. The maximum atomic E-state index is 12.2. The van der Waals surface area contributed by atoms with Crippen molar-refractivity contribution < 1.29 is 14.4 Å². The van der Waals surface area contributed by atoms with Gasteiger partial charge in [0.2, 0.25) is 0 Å². The highest BCUT2D eigenvalue weighted by Gasteiger charge is 2.18. The molecular formula is C21H23Cl2N3O3. The van der Waals surface area contributed by atoms with Crippen LogP contribution in [0.3, 0.4) is 0 Å². The molecule has 0 atom stereocenters. The van der Waals surface area contributed by atoms with E-state index in [1.54, 1.807) is 24.3 Å². The average molecular weight is 436 g/mol. The molecule has 29 heavy (non-hydrogen) atoms. The van der Waals surface area contributed by atoms with Crippen LogP contribution in [-0.2, 0) is 21.0 Å². The lowest BCUT2D eigenvalue weighted by Crippen LogP contribution is -2.29. The van der Waals surface area contributed by atoms with E-state index in [4.69, 9.17) is 32.8 Å². The third-order valence-electron chi connectivity index (χ3n) is 4.25. The number of carbonyl (C=O) groups excluding carboxylic acids is 1. The van der Waals surface area contributed by atoms with Crippen LogP contribution in [0.4, 0.5) is 0 Å². The van der Waals surface area contributed by atoms with E-state index in [-0.39, 0.29) is 25.0 Å². The molecule has 0 unspecified atom stereocenters. The molecule has 0 saturated heterocycles. The van der Waals surface area contributed by atoms with Crippen molar-refractivity contribution in [3.63, 3.8) is 0 Å². The van der Waals surface area contributed by atoms with Crippen molar-refractivity contribution in [2.45, 2.75) is 20.5 Å². The molecule has 154 valence electrons. The molecule has 0 bridgehead atoms. The summed E-state index contributed by atoms with van der Waals surface area (Å²) < 4.78 is 5.75. The predicted molar refractivity (Wildman–Crippen MR) is 117 cm³/mol. The number of benzene rings is 2. The number of hydrogen-bond donors (Lipinski definition) is 1. The third-order valence-corrected chi connectivity index (χ3v) is 4.88. The zero-order valence-electron chi connectivity index (χ0n) is 16.8. The smallest absolute Gasteiger partial charge is 0.273 e. The van der Waals surface area contributed by atoms with E-state index in [0.717, 1.165) is 11.1 Å². The van der Waals surface area contributed by atoms with Crippen LogP contribution in [0, 0.1) is 6.92 Å². The van der Waals surface area contributed by atoms with Crippen molar-refractivity contribution in [2.24, 2.45) is 10.1 Å². The number of carbonyl (C=O) groups is 1. The zero-order chi connectivity index (χ0) is 21.4. The second-order valence-electron chi connectivity index (χ2n) is 6.12. The van der Waals surface area contributed by atoms with Crippen LogP contribution in [0.1, 0.15) is 29.2 Å². The molecule has 0 saturated carbocycles. The maximum Gasteiger partial charge on any atom is 0.273 e. The lowest BCUT2D eigenvalue weighted by Gasteiger charge is -2.13. The van der Waals surface area contributed by atoms with Gasteiger partial charge in [-0.2, -0.15) is 0 Å². The monoisotopic (exact) mass is 435 g/mol. The molecule has 0 aliphatic heterocycles. The Morgan fingerprint density at radius 3 is 2.41 bits per heavy atom. The first-order chi connectivity index (χ1) is 13.9. The standard InChI is InChI=1S/C21H23Cl2N3O3/c1-13-7-5-8-15(20(26-28-4)21(27)24-3)16(13)11-29-12-25-14(2)19-17(22)9-6-10-18(19)23/h5-10H,11-12H2,1-4H3,(H,24,27)/b25-14+,26-20+. The molecule has 6 nitrogen and oxygen atoms in total. The minimum atomic E-state index is -0.346. The van der Waals surface area contributed by atoms with Gasteiger partial charge in [0.1, 0.15) is 13.8 Å². The Labute approximate surface area is 180 Å². The Morgan fingerprint density at radius 1 is 1.14 bits per heavy atom. The fraction of sp³-hybridized carbons (Fsp3) is 0.286. The zero-order valence-corrected chi connectivity index (χ0v) is 18.3. The molecule has 1 amide bonds. The highest BCUT2D eigenvalue weighted by molar-refractivity contribution is 6.45. The van der Waals surface area contributed by atoms with E-state index >= 15 is 0 Å². The number of aliphatic imine (C=N–C) groups is 1. The maximum absolute atomic E-state index is 12.2. The molecule has 0 aliphatic carbocycles. The van der Waals surface area contributed by atoms with Gasteiger partial charge < -0.3 is 14.9 Å². The van der Waals surface area contributed by atoms with Crippen molar-refractivity contribution in [3.05, 3.63) is 68.7 Å². The van der Waals surface area contributed by atoms with E-state index in [1.807, 2.05) is 26.0 Å². The molecule has 0 radical (unpaired) electrons. The van der Waals surface area contributed by atoms with Crippen molar-refractivity contribution in [3.8, 4) is 0 Å². The first-order valence-electron chi connectivity index (χ1n) is 8.86. The van der Waals surface area contributed by atoms with Crippen molar-refractivity contribution in [2.75, 3.05) is 20.9 Å². The van der Waals surface area contributed by atoms with Gasteiger partial charge in [0.15, 0.2) is 5.71 Å². The third kappa shape index (κ3) is 5.79. The summed E-state index contributed by atoms with van der Waals surface area (Å²) in [6.07, 6.45) is 0. The summed E-state index contributed by atoms with van der Waals surface area (Å²) in [6.45, 7) is 4.12. The number of likely N-dealkylation sites (N-methyl/N-ethyl adjacent to an activating group) is 1. The van der Waals surface area contributed by atoms with E-state index < -0.39 is 0 Å². The second-order valence-corrected chi connectivity index (χ2v) is 6.93. The highest BCUT2D eigenvalue weighted by atomic mass is 35.5. The molecular weight excluding hydrogens is 413 g/mol. The van der Waals surface area contributed by atoms with Crippen LogP contribution in [-0.4, -0.2) is 38.2 Å². The normalized spacial score (nSPS) is 12.1. The molecule has 0 aromatic heterocycles. The molecule has 2 rings (SSSR count). The van der Waals surface area contributed by atoms with E-state index in [1.165, 1.54) is 14.2 Å². The predicted octanol–water partition coefficient (Wildman–Crippen LogP) is 4.38. The quantitative estimate of drug-likeness (QED) is 0.379. The Bertz CT molecular complexity index is 923. The summed E-state index contributed by atoms with van der Waals surface area (Å²) >= 11 is 12.4. The van der Waals surface area contributed by atoms with E-state index in [0.29, 0.717) is 26.9 Å². The van der Waals surface area contributed by atoms with Crippen molar-refractivity contribution in [1.29, 1.82) is 0 Å². The van der Waals surface area contributed by atoms with Crippen LogP contribution >= 0.6 is 23.2 Å². The summed E-state index contributed by atoms with van der Waals surface area (Å²) in [5.74, 6) is -0.346. The van der Waals surface area contributed by atoms with Gasteiger partial charge in [-0.1, -0.05) is 52.6 Å². The number of amides is 1. The molecule has 1 N–H and O–H groups in total. The first kappa shape index (κ1) is 22.9. The van der Waals surface area contributed by atoms with Gasteiger partial charge in [0.25, 0.3) is 5.91 Å². The number of ether oxygens (including phenoxy) is 1. The molecule has 2 aromatic carbocycles. The molecule has 0 fully saturated rings. The summed E-state index contributed by atoms with van der Waals surface area (Å²) in [7, 11) is 2.93. The molecule has 0 aliphatic rings. The summed E-state index contributed by atoms with van der Waals surface area (Å²) in [5.41, 5.74) is 3.98. The number of hydrogen-bond acceptors (Lipinski definition) is 5. The van der Waals surface area contributed by atoms with Crippen LogP contribution in [0.2, 0.25) is 10.0 Å². The lowest BCUT2D eigenvalue weighted by atomic mass is 9.98. The van der Waals surface area contributed by atoms with Gasteiger partial charge in [-0.3, -0.25) is 9.79 Å². The Morgan fingerprint density at radius 2 is 1.79 bits per heavy atom. The van der Waals surface area contributed by atoms with Gasteiger partial charge in [-0.15, -0.1) is 0 Å². The van der Waals surface area contributed by atoms with Gasteiger partial charge in [-0.25, -0.2) is 0 Å². The Balaban J connectivity index is 2.19. The van der Waals surface area contributed by atoms with Crippen LogP contribution in [0.25, 0.3) is 0 Å². The molecule has 8 heteroatoms. The number of nitrogens with one attached hydrogen (secondary N) is 1. The lowest BCUT2D eigenvalue weighted by molar-refractivity contribution is -0.114. The Kier molecular flexibility index (Phi) is 8.64. The molecule has 0 spiro atoms. The minimum Gasteiger partial charge on any atom is -0.398 e. The SMILES string of the molecule is CNC(=O)/C(=N/OC)c1cccc(C)c1COC/N=C(\C)c1c(Cl)cccc1Cl. The van der Waals surface area contributed by atoms with Gasteiger partial charge in [0.05, 0.1) is 16.7 Å². The van der Waals surface area contributed by atoms with Gasteiger partial charge in [0, 0.05) is 23.9 Å². The Hall–Kier alpha value is -2.41. The summed E-state index contributed by atoms with van der Waals surface area (Å²) in [6, 6.07) is 10.9. The number of rotatable bonds is 8. The number of halogens is 2. The average Bonchev–Trinajstić information content (AvgIpc) is 2.69. The number of aryl methyl sites for hydroxylation is 1. The van der Waals surface area contributed by atoms with Gasteiger partial charge in [-0.05, 0) is 37.1 Å². The summed E-state index contributed by atoms with van der Waals surface area (Å²) in [5, 5.41) is 7.51. The number of oxime groups is 1. The van der Waals surface area contributed by atoms with Gasteiger partial charge >= 0.3 is 0 Å². The molecule has 2 aromatic rings. The van der Waals surface area contributed by atoms with Crippen LogP contribution in [0.15, 0.2) is 46.5 Å². The van der Waals surface area contributed by atoms with E-state index in [9.17, 15) is 4.79 Å². The first-order valence-corrected chi connectivity index (χ1v) is 9.61. The summed E-state index contributed by atoms with van der Waals surface area (Å²) in [4.78, 5) is 21.5.